The second-order valence-corrected chi connectivity index (χ2v) is 43.6. The molecule has 0 aliphatic rings. The summed E-state index contributed by atoms with van der Waals surface area (Å²) in [6, 6.07) is 127. The largest absolute Gasteiger partial charge is 0.307 e. The summed E-state index contributed by atoms with van der Waals surface area (Å²) in [6.07, 6.45) is 0. The lowest BCUT2D eigenvalue weighted by Crippen LogP contribution is -2.14. The Morgan fingerprint density at radius 2 is 0.373 bits per heavy atom. The lowest BCUT2D eigenvalue weighted by atomic mass is 10.0. The molecule has 0 saturated heterocycles. The van der Waals surface area contributed by atoms with Gasteiger partial charge in [-0.05, 0) is 200 Å². The number of benzene rings is 20. The molecule has 15 nitrogen and oxygen atoms in total. The summed E-state index contributed by atoms with van der Waals surface area (Å²) in [5, 5.41) is 23.9. The highest BCUT2D eigenvalue weighted by Crippen LogP contribution is 2.47. The van der Waals surface area contributed by atoms with E-state index >= 15 is 0 Å². The maximum absolute atomic E-state index is 13.8. The van der Waals surface area contributed by atoms with Gasteiger partial charge in [0.2, 0.25) is 0 Å². The molecule has 700 valence electrons. The Kier molecular flexibility index (Phi) is 18.2. The van der Waals surface area contributed by atoms with E-state index in [1.54, 1.807) is 74.9 Å². The third-order valence-corrected chi connectivity index (χ3v) is 36.4. The van der Waals surface area contributed by atoms with E-state index in [1.807, 2.05) is 291 Å². The topological polar surface area (TPSA) is 193 Å². The van der Waals surface area contributed by atoms with E-state index in [4.69, 9.17) is 0 Å². The Bertz CT molecular complexity index is 12900. The van der Waals surface area contributed by atoms with Crippen molar-refractivity contribution in [2.75, 3.05) is 0 Å². The molecule has 35 aromatic rings. The summed E-state index contributed by atoms with van der Waals surface area (Å²) >= 11 is 8.49. The highest BCUT2D eigenvalue weighted by molar-refractivity contribution is 7.28. The highest BCUT2D eigenvalue weighted by atomic mass is 32.1. The molecule has 15 aromatic heterocycles. The Morgan fingerprint density at radius 1 is 0.120 bits per heavy atom. The molecular formula is C130H65N5O10S5. The Balaban J connectivity index is 0.0000000844. The maximum atomic E-state index is 13.8. The van der Waals surface area contributed by atoms with E-state index in [-0.39, 0.29) is 54.3 Å². The molecule has 20 aromatic carbocycles. The number of nitrogens with zero attached hydrogens (tertiary/aromatic N) is 5. The summed E-state index contributed by atoms with van der Waals surface area (Å²) < 4.78 is 21.9. The van der Waals surface area contributed by atoms with Gasteiger partial charge in [0.25, 0.3) is 0 Å². The summed E-state index contributed by atoms with van der Waals surface area (Å²) in [4.78, 5) is 134. The van der Waals surface area contributed by atoms with Crippen LogP contribution in [0, 0.1) is 0 Å². The van der Waals surface area contributed by atoms with Gasteiger partial charge in [0.1, 0.15) is 0 Å². The molecule has 35 rings (SSSR count). The molecule has 0 aliphatic carbocycles. The van der Waals surface area contributed by atoms with Crippen LogP contribution in [-0.2, 0) is 0 Å². The van der Waals surface area contributed by atoms with E-state index in [0.717, 1.165) is 127 Å². The Hall–Kier alpha value is -18.8. The average Bonchev–Trinajstić information content (AvgIpc) is 1.24. The van der Waals surface area contributed by atoms with E-state index in [1.165, 1.54) is 39.7 Å². The first-order valence-corrected chi connectivity index (χ1v) is 53.1. The molecule has 0 N–H and O–H groups in total. The van der Waals surface area contributed by atoms with Gasteiger partial charge in [-0.25, -0.2) is 0 Å². The third kappa shape index (κ3) is 11.7. The molecule has 0 fully saturated rings. The van der Waals surface area contributed by atoms with Gasteiger partial charge in [-0.3, -0.25) is 47.9 Å². The fraction of sp³-hybridized carbons (Fsp3) is 0. The zero-order valence-electron chi connectivity index (χ0n) is 78.4. The van der Waals surface area contributed by atoms with Crippen molar-refractivity contribution in [3.63, 3.8) is 0 Å². The fourth-order valence-corrected chi connectivity index (χ4v) is 30.1. The molecule has 20 heteroatoms. The lowest BCUT2D eigenvalue weighted by Gasteiger charge is -2.15. The second-order valence-electron chi connectivity index (χ2n) is 38.3. The molecule has 15 heterocycles. The van der Waals surface area contributed by atoms with Crippen molar-refractivity contribution in [1.29, 1.82) is 0 Å². The van der Waals surface area contributed by atoms with Crippen LogP contribution in [0.15, 0.2) is 442 Å². The smallest absolute Gasteiger partial charge is 0.198 e. The second kappa shape index (κ2) is 31.9. The van der Waals surface area contributed by atoms with Gasteiger partial charge in [-0.2, -0.15) is 0 Å². The van der Waals surface area contributed by atoms with Crippen molar-refractivity contribution in [2.24, 2.45) is 0 Å². The van der Waals surface area contributed by atoms with Crippen LogP contribution >= 0.6 is 56.7 Å². The van der Waals surface area contributed by atoms with E-state index in [9.17, 15) is 47.9 Å². The monoisotopic (exact) mass is 2020 g/mol. The number of aromatic nitrogens is 5. The zero-order valence-corrected chi connectivity index (χ0v) is 82.5. The molecule has 0 bridgehead atoms. The van der Waals surface area contributed by atoms with Gasteiger partial charge in [0, 0.05) is 193 Å². The number of hydrogen-bond acceptors (Lipinski definition) is 15. The summed E-state index contributed by atoms with van der Waals surface area (Å²) in [6.45, 7) is 0. The standard InChI is InChI=1S/5C26H13NO2S/c28-25-15-7-1-3-10-20(15)27-21-12-18-14-6-2-4-11-22(14)30-23(18)13-19(21)26(29)17-9-5-8-16(25)24(17)27;28-24-16-7-1-3-10-20(16)27-22-17(24)8-5-9-18(22)25(29)19-13-12-15-14-6-2-4-11-21(14)30-26(15)23(19)27;28-24-16-7-1-3-10-19(16)27-20-13-12-15-14-6-2-4-11-21(14)30-26(15)22(20)25(29)18-9-5-8-17(24)23(18)27;28-25-14-6-1-3-10-19(14)27-23-16(25)8-5-9-17(23)26(29)18-12-13-21-22(24(18)27)15-7-2-4-11-20(15)30-21;28-25-14-6-1-3-10-18(14)27-19-12-13-21-22(15-7-2-4-11-20(15)30-21)23(19)26(29)17-9-5-8-16(25)24(17)27/h5*1-13H. The average molecular weight is 2020 g/mol. The van der Waals surface area contributed by atoms with E-state index < -0.39 is 0 Å². The summed E-state index contributed by atoms with van der Waals surface area (Å²) in [5.41, 5.74) is 11.8. The van der Waals surface area contributed by atoms with Crippen LogP contribution in [0.1, 0.15) is 0 Å². The predicted molar refractivity (Wildman–Crippen MR) is 633 cm³/mol. The van der Waals surface area contributed by atoms with Crippen molar-refractivity contribution in [2.45, 2.75) is 0 Å². The SMILES string of the molecule is O=c1c2ccccc2n2c3c1cccc3c(=O)c1ccc3c4ccccc4sc3c12.O=c1c2ccccc2n2c3c1cccc3c(=O)c1ccc3sc4ccccc4c3c12.O=c1c2ccccc2n2c3cc4c(cc3c(=O)c3cccc1c32)sc1ccccc14.O=c1c2ccccc2n2c3ccc4c5ccccc5sc4c3c(=O)c3cccc1c32.O=c1c2ccccc2n2c3ccc4sc5ccccc5c4c3c(=O)c3cccc1c32. The minimum Gasteiger partial charge on any atom is -0.307 e. The Morgan fingerprint density at radius 3 is 0.820 bits per heavy atom. The molecule has 0 amide bonds. The molecule has 0 atom stereocenters. The molecule has 0 radical (unpaired) electrons. The van der Waals surface area contributed by atoms with E-state index in [2.05, 4.69) is 107 Å². The van der Waals surface area contributed by atoms with Crippen LogP contribution in [0.4, 0.5) is 0 Å². The van der Waals surface area contributed by atoms with Gasteiger partial charge < -0.3 is 22.0 Å². The van der Waals surface area contributed by atoms with Gasteiger partial charge in [0.05, 0.1) is 98.2 Å². The van der Waals surface area contributed by atoms with Crippen LogP contribution in [0.3, 0.4) is 0 Å². The minimum atomic E-state index is -0.0305. The van der Waals surface area contributed by atoms with Gasteiger partial charge >= 0.3 is 0 Å². The van der Waals surface area contributed by atoms with Crippen molar-refractivity contribution >= 4 is 348 Å². The van der Waals surface area contributed by atoms with Crippen LogP contribution in [0.2, 0.25) is 0 Å². The van der Waals surface area contributed by atoms with E-state index in [0.29, 0.717) is 125 Å². The minimum absolute atomic E-state index is 0.0116. The third-order valence-electron chi connectivity index (χ3n) is 30.6. The Labute approximate surface area is 859 Å². The van der Waals surface area contributed by atoms with Crippen LogP contribution in [-0.4, -0.2) is 22.0 Å². The molecule has 0 unspecified atom stereocenters. The predicted octanol–water partition coefficient (Wildman–Crippen LogP) is 29.6. The quantitative estimate of drug-likeness (QED) is 0.104. The van der Waals surface area contributed by atoms with Crippen molar-refractivity contribution < 1.29 is 0 Å². The van der Waals surface area contributed by atoms with Gasteiger partial charge in [-0.1, -0.05) is 194 Å². The molecular weight excluding hydrogens is 1950 g/mol. The zero-order chi connectivity index (χ0) is 99.9. The molecule has 150 heavy (non-hydrogen) atoms. The fourth-order valence-electron chi connectivity index (χ4n) is 24.2. The van der Waals surface area contributed by atoms with Crippen molar-refractivity contribution in [3.05, 3.63) is 497 Å². The first kappa shape index (κ1) is 85.6. The van der Waals surface area contributed by atoms with Crippen LogP contribution in [0.5, 0.6) is 0 Å². The number of fused-ring (bicyclic) bond motifs is 39. The number of thiophene rings is 5. The number of para-hydroxylation sites is 10. The molecule has 0 spiro atoms. The number of pyridine rings is 10. The highest BCUT2D eigenvalue weighted by Gasteiger charge is 2.29. The molecule has 0 aliphatic heterocycles. The summed E-state index contributed by atoms with van der Waals surface area (Å²) in [5.74, 6) is 0. The van der Waals surface area contributed by atoms with Gasteiger partial charge in [0.15, 0.2) is 54.3 Å². The molecule has 0 saturated carbocycles. The first-order chi connectivity index (χ1) is 73.7. The normalized spacial score (nSPS) is 12.3. The van der Waals surface area contributed by atoms with Crippen molar-refractivity contribution in [3.8, 4) is 0 Å². The van der Waals surface area contributed by atoms with Crippen LogP contribution < -0.4 is 54.3 Å². The van der Waals surface area contributed by atoms with Crippen LogP contribution in [0.25, 0.3) is 291 Å². The number of hydrogen-bond donors (Lipinski definition) is 0. The number of rotatable bonds is 0. The lowest BCUT2D eigenvalue weighted by molar-refractivity contribution is 1.31. The maximum Gasteiger partial charge on any atom is 0.198 e. The van der Waals surface area contributed by atoms with Crippen molar-refractivity contribution in [1.82, 2.24) is 22.0 Å². The first-order valence-electron chi connectivity index (χ1n) is 49.0. The van der Waals surface area contributed by atoms with Gasteiger partial charge in [-0.15, -0.1) is 56.7 Å². The summed E-state index contributed by atoms with van der Waals surface area (Å²) in [7, 11) is 0.